The van der Waals surface area contributed by atoms with E-state index >= 15 is 0 Å². The number of aliphatic hydroxyl groups excluding tert-OH is 3. The molecular weight excluding hydrogens is 666 g/mol. The zero-order valence-electron chi connectivity index (χ0n) is 32.9. The highest BCUT2D eigenvalue weighted by Gasteiger charge is 2.53. The van der Waals surface area contributed by atoms with Crippen molar-refractivity contribution in [3.63, 3.8) is 0 Å². The van der Waals surface area contributed by atoms with Gasteiger partial charge in [-0.1, -0.05) is 27.7 Å². The number of Topliss-reactive ketones (excluding diaryl/α,β-unsaturated/α-hetero) is 1. The van der Waals surface area contributed by atoms with Gasteiger partial charge in [-0.3, -0.25) is 9.59 Å². The maximum absolute atomic E-state index is 14.1. The summed E-state index contributed by atoms with van der Waals surface area (Å²) in [5.41, 5.74) is -4.84. The van der Waals surface area contributed by atoms with Gasteiger partial charge in [0, 0.05) is 37.3 Å². The minimum Gasteiger partial charge on any atom is -0.459 e. The number of ketones is 1. The van der Waals surface area contributed by atoms with Crippen LogP contribution in [-0.2, 0) is 38.0 Å². The Kier molecular flexibility index (Phi) is 14.7. The van der Waals surface area contributed by atoms with E-state index in [-0.39, 0.29) is 31.4 Å². The van der Waals surface area contributed by atoms with Gasteiger partial charge < -0.3 is 58.9 Å². The van der Waals surface area contributed by atoms with Gasteiger partial charge in [-0.05, 0) is 74.9 Å². The van der Waals surface area contributed by atoms with E-state index < -0.39 is 108 Å². The molecule has 3 saturated heterocycles. The van der Waals surface area contributed by atoms with E-state index in [4.69, 9.17) is 28.4 Å². The summed E-state index contributed by atoms with van der Waals surface area (Å²) in [7, 11) is 5.18. The Bertz CT molecular complexity index is 1170. The number of hydrogen-bond acceptors (Lipinski definition) is 14. The van der Waals surface area contributed by atoms with Gasteiger partial charge in [0.2, 0.25) is 0 Å². The third kappa shape index (κ3) is 9.51. The van der Waals surface area contributed by atoms with Gasteiger partial charge in [-0.15, -0.1) is 0 Å². The number of rotatable bonds is 7. The van der Waals surface area contributed by atoms with Crippen molar-refractivity contribution in [3.05, 3.63) is 0 Å². The highest BCUT2D eigenvalue weighted by Crippen LogP contribution is 2.40. The highest BCUT2D eigenvalue weighted by atomic mass is 16.7. The van der Waals surface area contributed by atoms with Crippen molar-refractivity contribution in [1.82, 2.24) is 4.90 Å². The second-order valence-corrected chi connectivity index (χ2v) is 16.5. The normalized spacial score (nSPS) is 49.7. The Labute approximate surface area is 304 Å². The number of ether oxygens (including phenoxy) is 6. The zero-order chi connectivity index (χ0) is 39.0. The molecule has 3 aliphatic rings. The van der Waals surface area contributed by atoms with Gasteiger partial charge >= 0.3 is 5.97 Å². The van der Waals surface area contributed by atoms with Gasteiger partial charge in [-0.2, -0.15) is 0 Å². The molecule has 0 aliphatic carbocycles. The SMILES string of the molecule is CC[C@H]1OC(=O)[C@H](C)[C@@H](O[C@H]2CC(C)(OC)[C@@H](O)C(C)O2)[C@H](C)[C@@H](O[C@@H]2OC(C)CC(N(C)C)C2O)[C@](C)(O)C[C@@H](C)C(=O)[C@H](C)[C@@H](O)[C@]1(C)O. The summed E-state index contributed by atoms with van der Waals surface area (Å²) in [5, 5.41) is 57.6. The molecule has 14 nitrogen and oxygen atoms in total. The molecule has 0 radical (unpaired) electrons. The van der Waals surface area contributed by atoms with Gasteiger partial charge in [-0.25, -0.2) is 0 Å². The Hall–Kier alpha value is -1.30. The van der Waals surface area contributed by atoms with Crippen LogP contribution in [0, 0.1) is 23.7 Å². The summed E-state index contributed by atoms with van der Waals surface area (Å²) in [6.07, 6.45) is -9.71. The zero-order valence-corrected chi connectivity index (χ0v) is 32.9. The number of cyclic esters (lactones) is 1. The average Bonchev–Trinajstić information content (AvgIpc) is 3.05. The number of aliphatic hydroxyl groups is 5. The van der Waals surface area contributed by atoms with Crippen LogP contribution in [0.15, 0.2) is 0 Å². The molecule has 0 aromatic carbocycles. The summed E-state index contributed by atoms with van der Waals surface area (Å²) in [4.78, 5) is 29.8. The van der Waals surface area contributed by atoms with E-state index in [1.165, 1.54) is 27.9 Å². The first-order valence-electron chi connectivity index (χ1n) is 18.5. The smallest absolute Gasteiger partial charge is 0.311 e. The van der Waals surface area contributed by atoms with Gasteiger partial charge in [0.15, 0.2) is 12.6 Å². The molecule has 5 N–H and O–H groups in total. The van der Waals surface area contributed by atoms with E-state index in [1.54, 1.807) is 41.5 Å². The molecule has 3 fully saturated rings. The number of carbonyl (C=O) groups excluding carboxylic acids is 2. The van der Waals surface area contributed by atoms with Crippen molar-refractivity contribution >= 4 is 11.8 Å². The molecule has 5 unspecified atom stereocenters. The molecule has 3 rings (SSSR count). The highest BCUT2D eigenvalue weighted by molar-refractivity contribution is 5.83. The van der Waals surface area contributed by atoms with Crippen molar-refractivity contribution in [1.29, 1.82) is 0 Å². The quantitative estimate of drug-likeness (QED) is 0.238. The molecule has 0 aromatic rings. The fraction of sp³-hybridized carbons (Fsp3) is 0.946. The second-order valence-electron chi connectivity index (χ2n) is 16.5. The summed E-state index contributed by atoms with van der Waals surface area (Å²) < 4.78 is 37.1. The fourth-order valence-electron chi connectivity index (χ4n) is 8.41. The third-order valence-electron chi connectivity index (χ3n) is 11.8. The second kappa shape index (κ2) is 17.0. The minimum absolute atomic E-state index is 0.0936. The van der Waals surface area contributed by atoms with Crippen molar-refractivity contribution in [2.75, 3.05) is 21.2 Å². The van der Waals surface area contributed by atoms with Crippen LogP contribution < -0.4 is 0 Å². The number of hydrogen-bond donors (Lipinski definition) is 5. The van der Waals surface area contributed by atoms with Gasteiger partial charge in [0.05, 0.1) is 47.6 Å². The molecule has 3 aliphatic heterocycles. The Balaban J connectivity index is 2.18. The standard InChI is InChI=1S/C37H67NO13/c1-14-25-37(10,45)30(41)20(4)27(39)18(2)16-35(8,44)32(51-34-28(40)24(38(11)12)15-19(3)47-34)21(5)29(22(6)33(43)49-25)50-26-17-36(9,46-13)31(42)23(7)48-26/h18-26,28-32,34,40-42,44-45H,14-17H2,1-13H3/t18-,19?,20+,21+,22-,23?,24?,25-,26+,28?,29+,30-,31+,32-,34+,35-,36?,37-/m1/s1. The summed E-state index contributed by atoms with van der Waals surface area (Å²) >= 11 is 0. The lowest BCUT2D eigenvalue weighted by Gasteiger charge is -2.49. The molecule has 0 amide bonds. The predicted molar refractivity (Wildman–Crippen MR) is 186 cm³/mol. The number of likely N-dealkylation sites (N-methyl/N-ethyl adjacent to an activating group) is 1. The summed E-state index contributed by atoms with van der Waals surface area (Å²) in [5.74, 6) is -4.98. The van der Waals surface area contributed by atoms with Crippen LogP contribution in [0.25, 0.3) is 0 Å². The lowest BCUT2D eigenvalue weighted by molar-refractivity contribution is -0.318. The topological polar surface area (TPSA) is 194 Å². The first-order valence-corrected chi connectivity index (χ1v) is 18.5. The minimum atomic E-state index is -1.99. The number of esters is 1. The van der Waals surface area contributed by atoms with Gasteiger partial charge in [0.25, 0.3) is 0 Å². The van der Waals surface area contributed by atoms with Crippen LogP contribution in [0.4, 0.5) is 0 Å². The molecule has 0 saturated carbocycles. The monoisotopic (exact) mass is 733 g/mol. The van der Waals surface area contributed by atoms with Crippen LogP contribution in [0.2, 0.25) is 0 Å². The van der Waals surface area contributed by atoms with E-state index in [2.05, 4.69) is 0 Å². The lowest BCUT2D eigenvalue weighted by Crippen LogP contribution is -2.61. The van der Waals surface area contributed by atoms with Crippen LogP contribution in [0.1, 0.15) is 94.9 Å². The van der Waals surface area contributed by atoms with E-state index in [0.29, 0.717) is 6.42 Å². The molecule has 51 heavy (non-hydrogen) atoms. The van der Waals surface area contributed by atoms with Gasteiger partial charge in [0.1, 0.15) is 29.7 Å². The lowest BCUT2D eigenvalue weighted by atomic mass is 9.74. The van der Waals surface area contributed by atoms with Crippen LogP contribution >= 0.6 is 0 Å². The van der Waals surface area contributed by atoms with Crippen molar-refractivity contribution in [2.24, 2.45) is 23.7 Å². The van der Waals surface area contributed by atoms with Crippen LogP contribution in [0.5, 0.6) is 0 Å². The largest absolute Gasteiger partial charge is 0.459 e. The number of carbonyl (C=O) groups is 2. The third-order valence-corrected chi connectivity index (χ3v) is 11.8. The molecule has 0 aromatic heterocycles. The van der Waals surface area contributed by atoms with Crippen molar-refractivity contribution < 1.29 is 63.5 Å². The molecule has 18 atom stereocenters. The summed E-state index contributed by atoms with van der Waals surface area (Å²) in [6.45, 7) is 16.3. The summed E-state index contributed by atoms with van der Waals surface area (Å²) in [6, 6.07) is -0.324. The predicted octanol–water partition coefficient (Wildman–Crippen LogP) is 1.79. The first-order chi connectivity index (χ1) is 23.4. The maximum Gasteiger partial charge on any atom is 0.311 e. The Morgan fingerprint density at radius 2 is 1.49 bits per heavy atom. The maximum atomic E-state index is 14.1. The number of nitrogens with zero attached hydrogens (tertiary/aromatic N) is 1. The average molecular weight is 734 g/mol. The van der Waals surface area contributed by atoms with Crippen LogP contribution in [-0.4, -0.2) is 148 Å². The van der Waals surface area contributed by atoms with Crippen molar-refractivity contribution in [3.8, 4) is 0 Å². The van der Waals surface area contributed by atoms with Crippen molar-refractivity contribution in [2.45, 2.75) is 179 Å². The van der Waals surface area contributed by atoms with Crippen LogP contribution in [0.3, 0.4) is 0 Å². The van der Waals surface area contributed by atoms with E-state index in [9.17, 15) is 35.1 Å². The molecule has 0 bridgehead atoms. The van der Waals surface area contributed by atoms with E-state index in [1.807, 2.05) is 25.9 Å². The Morgan fingerprint density at radius 1 is 0.882 bits per heavy atom. The number of methoxy groups -OCH3 is 1. The van der Waals surface area contributed by atoms with E-state index in [0.717, 1.165) is 0 Å². The first kappa shape index (κ1) is 44.1. The Morgan fingerprint density at radius 3 is 2.04 bits per heavy atom. The molecule has 14 heteroatoms. The molecule has 0 spiro atoms. The molecule has 298 valence electrons. The molecular formula is C37H67NO13. The fourth-order valence-corrected chi connectivity index (χ4v) is 8.41. The molecule has 3 heterocycles.